The minimum absolute atomic E-state index is 0.0626. The Morgan fingerprint density at radius 1 is 0.951 bits per heavy atom. The van der Waals surface area contributed by atoms with Crippen molar-refractivity contribution in [1.29, 1.82) is 0 Å². The van der Waals surface area contributed by atoms with Gasteiger partial charge in [0.2, 0.25) is 16.0 Å². The van der Waals surface area contributed by atoms with Gasteiger partial charge >= 0.3 is 6.18 Å². The number of hydrogen-bond acceptors (Lipinski definition) is 9. The van der Waals surface area contributed by atoms with Crippen molar-refractivity contribution in [2.45, 2.75) is 19.3 Å². The van der Waals surface area contributed by atoms with Gasteiger partial charge in [0.15, 0.2) is 0 Å². The van der Waals surface area contributed by atoms with E-state index in [9.17, 15) is 26.4 Å². The first-order chi connectivity index (χ1) is 19.4. The third-order valence-electron chi connectivity index (χ3n) is 5.76. The summed E-state index contributed by atoms with van der Waals surface area (Å²) in [5.41, 5.74) is 0.725. The van der Waals surface area contributed by atoms with Gasteiger partial charge in [-0.25, -0.2) is 18.4 Å². The van der Waals surface area contributed by atoms with Crippen molar-refractivity contribution in [3.8, 4) is 0 Å². The van der Waals surface area contributed by atoms with Crippen LogP contribution in [0.3, 0.4) is 0 Å². The summed E-state index contributed by atoms with van der Waals surface area (Å²) in [6.45, 7) is 0.0464. The molecule has 0 saturated carbocycles. The third-order valence-corrected chi connectivity index (χ3v) is 6.93. The molecular formula is C26H25F3N8O3S. The second-order valence-corrected chi connectivity index (χ2v) is 10.7. The second-order valence-electron chi connectivity index (χ2n) is 8.73. The Morgan fingerprint density at radius 2 is 1.68 bits per heavy atom. The summed E-state index contributed by atoms with van der Waals surface area (Å²) in [6, 6.07) is 14.7. The molecule has 0 atom stereocenters. The first-order valence-corrected chi connectivity index (χ1v) is 13.9. The summed E-state index contributed by atoms with van der Waals surface area (Å²) >= 11 is 0. The standard InChI is InChI=1S/C26H25F3N8O3S/c1-37(41(2,39)40)23-18(6-5-13-31-23)14-32-22-21(26(27,28)29)16-34-25(36-22)35-19-10-8-17(9-11-19)24(38)33-15-20-7-3-4-12-30-20/h3-13,16H,14-15H2,1-2H3,(H,33,38)(H2,32,34,35,36). The van der Waals surface area contributed by atoms with Crippen LogP contribution in [0.5, 0.6) is 0 Å². The fourth-order valence-electron chi connectivity index (χ4n) is 3.58. The Morgan fingerprint density at radius 3 is 2.34 bits per heavy atom. The molecule has 0 unspecified atom stereocenters. The molecule has 0 aliphatic rings. The molecule has 4 rings (SSSR count). The molecule has 0 bridgehead atoms. The molecule has 0 radical (unpaired) electrons. The number of alkyl halides is 3. The van der Waals surface area contributed by atoms with E-state index in [4.69, 9.17) is 0 Å². The van der Waals surface area contributed by atoms with Gasteiger partial charge in [-0.15, -0.1) is 0 Å². The van der Waals surface area contributed by atoms with Gasteiger partial charge in [0.25, 0.3) is 5.91 Å². The van der Waals surface area contributed by atoms with E-state index in [1.54, 1.807) is 48.7 Å². The van der Waals surface area contributed by atoms with Crippen LogP contribution in [0.4, 0.5) is 36.4 Å². The number of rotatable bonds is 10. The number of carbonyl (C=O) groups excluding carboxylic acids is 1. The lowest BCUT2D eigenvalue weighted by Gasteiger charge is -2.20. The van der Waals surface area contributed by atoms with Crippen molar-refractivity contribution in [1.82, 2.24) is 25.3 Å². The number of amides is 1. The van der Waals surface area contributed by atoms with Crippen molar-refractivity contribution in [3.05, 3.63) is 95.6 Å². The number of pyridine rings is 2. The van der Waals surface area contributed by atoms with E-state index in [-0.39, 0.29) is 30.8 Å². The highest BCUT2D eigenvalue weighted by atomic mass is 32.2. The maximum Gasteiger partial charge on any atom is 0.421 e. The highest BCUT2D eigenvalue weighted by Gasteiger charge is 2.35. The lowest BCUT2D eigenvalue weighted by Crippen LogP contribution is -2.27. The summed E-state index contributed by atoms with van der Waals surface area (Å²) in [6.07, 6.45) is -0.121. The molecule has 41 heavy (non-hydrogen) atoms. The topological polar surface area (TPSA) is 142 Å². The third kappa shape index (κ3) is 7.66. The molecule has 3 N–H and O–H groups in total. The van der Waals surface area contributed by atoms with Gasteiger partial charge in [0, 0.05) is 49.0 Å². The number of nitrogens with zero attached hydrogens (tertiary/aromatic N) is 5. The Hall–Kier alpha value is -4.79. The van der Waals surface area contributed by atoms with Gasteiger partial charge in [0.05, 0.1) is 18.5 Å². The van der Waals surface area contributed by atoms with Gasteiger partial charge in [-0.2, -0.15) is 18.2 Å². The van der Waals surface area contributed by atoms with E-state index in [2.05, 4.69) is 35.9 Å². The van der Waals surface area contributed by atoms with Crippen LogP contribution >= 0.6 is 0 Å². The van der Waals surface area contributed by atoms with E-state index in [0.29, 0.717) is 28.7 Å². The van der Waals surface area contributed by atoms with Gasteiger partial charge in [-0.3, -0.25) is 14.1 Å². The molecule has 3 heterocycles. The molecule has 15 heteroatoms. The molecule has 0 aliphatic heterocycles. The lowest BCUT2D eigenvalue weighted by atomic mass is 10.2. The molecule has 1 aromatic carbocycles. The Labute approximate surface area is 233 Å². The van der Waals surface area contributed by atoms with Crippen molar-refractivity contribution < 1.29 is 26.4 Å². The lowest BCUT2D eigenvalue weighted by molar-refractivity contribution is -0.137. The highest BCUT2D eigenvalue weighted by molar-refractivity contribution is 7.92. The van der Waals surface area contributed by atoms with Crippen molar-refractivity contribution in [2.24, 2.45) is 0 Å². The second kappa shape index (κ2) is 12.2. The van der Waals surface area contributed by atoms with E-state index >= 15 is 0 Å². The minimum Gasteiger partial charge on any atom is -0.365 e. The molecule has 214 valence electrons. The predicted octanol–water partition coefficient (Wildman–Crippen LogP) is 3.97. The maximum absolute atomic E-state index is 13.7. The zero-order chi connectivity index (χ0) is 29.6. The Kier molecular flexibility index (Phi) is 8.66. The largest absolute Gasteiger partial charge is 0.421 e. The normalized spacial score (nSPS) is 11.5. The average molecular weight is 587 g/mol. The van der Waals surface area contributed by atoms with Crippen LogP contribution in [-0.2, 0) is 29.3 Å². The van der Waals surface area contributed by atoms with Crippen LogP contribution in [0, 0.1) is 0 Å². The number of benzene rings is 1. The van der Waals surface area contributed by atoms with Crippen molar-refractivity contribution in [2.75, 3.05) is 28.2 Å². The Balaban J connectivity index is 1.49. The first kappa shape index (κ1) is 29.2. The number of aromatic nitrogens is 4. The van der Waals surface area contributed by atoms with Crippen LogP contribution in [0.15, 0.2) is 73.2 Å². The number of halogens is 3. The number of anilines is 4. The number of nitrogens with one attached hydrogen (secondary N) is 3. The number of carbonyl (C=O) groups is 1. The van der Waals surface area contributed by atoms with Crippen molar-refractivity contribution in [3.63, 3.8) is 0 Å². The molecular weight excluding hydrogens is 561 g/mol. The average Bonchev–Trinajstić information content (AvgIpc) is 2.94. The van der Waals surface area contributed by atoms with Crippen LogP contribution in [-0.4, -0.2) is 47.6 Å². The summed E-state index contributed by atoms with van der Waals surface area (Å²) in [4.78, 5) is 28.4. The Bertz CT molecular complexity index is 1620. The molecule has 3 aromatic heterocycles. The van der Waals surface area contributed by atoms with Crippen LogP contribution in [0.25, 0.3) is 0 Å². The SMILES string of the molecule is CN(c1ncccc1CNc1nc(Nc2ccc(C(=O)NCc3ccccn3)cc2)ncc1C(F)(F)F)S(C)(=O)=O. The monoisotopic (exact) mass is 586 g/mol. The van der Waals surface area contributed by atoms with E-state index in [1.807, 2.05) is 6.07 Å². The molecule has 0 fully saturated rings. The van der Waals surface area contributed by atoms with E-state index in [1.165, 1.54) is 19.3 Å². The van der Waals surface area contributed by atoms with Crippen LogP contribution < -0.4 is 20.3 Å². The zero-order valence-electron chi connectivity index (χ0n) is 21.8. The van der Waals surface area contributed by atoms with Gasteiger partial charge in [-0.05, 0) is 42.5 Å². The smallest absolute Gasteiger partial charge is 0.365 e. The van der Waals surface area contributed by atoms with E-state index < -0.39 is 27.6 Å². The number of sulfonamides is 1. The van der Waals surface area contributed by atoms with Gasteiger partial charge in [-0.1, -0.05) is 12.1 Å². The highest BCUT2D eigenvalue weighted by Crippen LogP contribution is 2.34. The summed E-state index contributed by atoms with van der Waals surface area (Å²) < 4.78 is 66.0. The van der Waals surface area contributed by atoms with Gasteiger partial charge < -0.3 is 16.0 Å². The molecule has 0 saturated heterocycles. The number of hydrogen-bond donors (Lipinski definition) is 3. The summed E-state index contributed by atoms with van der Waals surface area (Å²) in [5.74, 6) is -0.909. The molecule has 11 nitrogen and oxygen atoms in total. The fourth-order valence-corrected chi connectivity index (χ4v) is 4.06. The molecule has 0 spiro atoms. The maximum atomic E-state index is 13.7. The van der Waals surface area contributed by atoms with Crippen LogP contribution in [0.1, 0.15) is 27.2 Å². The van der Waals surface area contributed by atoms with Gasteiger partial charge in [0.1, 0.15) is 17.2 Å². The summed E-state index contributed by atoms with van der Waals surface area (Å²) in [5, 5.41) is 8.21. The molecule has 1 amide bonds. The fraction of sp³-hybridized carbons (Fsp3) is 0.192. The first-order valence-electron chi connectivity index (χ1n) is 12.0. The summed E-state index contributed by atoms with van der Waals surface area (Å²) in [7, 11) is -2.36. The minimum atomic E-state index is -4.76. The zero-order valence-corrected chi connectivity index (χ0v) is 22.7. The predicted molar refractivity (Wildman–Crippen MR) is 147 cm³/mol. The molecule has 4 aromatic rings. The van der Waals surface area contributed by atoms with Crippen LogP contribution in [0.2, 0.25) is 0 Å². The quantitative estimate of drug-likeness (QED) is 0.252. The molecule has 0 aliphatic carbocycles. The van der Waals surface area contributed by atoms with E-state index in [0.717, 1.165) is 10.6 Å². The van der Waals surface area contributed by atoms with Crippen molar-refractivity contribution >= 4 is 39.2 Å².